The lowest BCUT2D eigenvalue weighted by atomic mass is 9.78. The van der Waals surface area contributed by atoms with Gasteiger partial charge in [-0.1, -0.05) is 85.0 Å². The molecule has 0 aliphatic rings. The lowest BCUT2D eigenvalue weighted by Crippen LogP contribution is -2.23. The molecule has 3 rings (SSSR count). The van der Waals surface area contributed by atoms with Gasteiger partial charge in [-0.3, -0.25) is 0 Å². The molecule has 0 unspecified atom stereocenters. The van der Waals surface area contributed by atoms with Crippen LogP contribution in [0.2, 0.25) is 0 Å². The highest BCUT2D eigenvalue weighted by Crippen LogP contribution is 2.42. The molecule has 0 aliphatic heterocycles. The van der Waals surface area contributed by atoms with Crippen molar-refractivity contribution in [3.8, 4) is 0 Å². The van der Waals surface area contributed by atoms with Crippen molar-refractivity contribution in [3.05, 3.63) is 31.9 Å². The van der Waals surface area contributed by atoms with Crippen LogP contribution in [-0.4, -0.2) is 9.97 Å². The Morgan fingerprint density at radius 1 is 0.750 bits per heavy atom. The molecule has 0 spiro atoms. The molecule has 0 aromatic carbocycles. The van der Waals surface area contributed by atoms with Crippen LogP contribution in [0.1, 0.15) is 101 Å². The second-order valence-corrected chi connectivity index (χ2v) is 13.6. The number of thiophene rings is 1. The van der Waals surface area contributed by atoms with E-state index in [0.29, 0.717) is 5.92 Å². The summed E-state index contributed by atoms with van der Waals surface area (Å²) in [5.41, 5.74) is 0.365. The van der Waals surface area contributed by atoms with Gasteiger partial charge in [-0.25, -0.2) is 9.97 Å². The standard InChI is InChI=1S/C23H34N2S3/c1-14(2)15-10-11-16(26-15)22(6,7)12-13-23(8,9)20-25-18-17(28-20)24-19(27-18)21(3,4)5/h10-11,14H,12-13H2,1-9H3. The van der Waals surface area contributed by atoms with Gasteiger partial charge in [-0.05, 0) is 36.3 Å². The van der Waals surface area contributed by atoms with Crippen LogP contribution < -0.4 is 0 Å². The number of thiazole rings is 2. The summed E-state index contributed by atoms with van der Waals surface area (Å²) in [6.45, 7) is 20.7. The number of fused-ring (bicyclic) bond motifs is 1. The van der Waals surface area contributed by atoms with Gasteiger partial charge in [0.1, 0.15) is 10.0 Å². The predicted octanol–water partition coefficient (Wildman–Crippen LogP) is 8.27. The van der Waals surface area contributed by atoms with Gasteiger partial charge in [0.25, 0.3) is 0 Å². The molecule has 3 heterocycles. The summed E-state index contributed by atoms with van der Waals surface area (Å²) in [6.07, 6.45) is 2.29. The van der Waals surface area contributed by atoms with E-state index in [-0.39, 0.29) is 16.2 Å². The van der Waals surface area contributed by atoms with Crippen molar-refractivity contribution in [1.29, 1.82) is 0 Å². The molecule has 0 atom stereocenters. The Labute approximate surface area is 182 Å². The zero-order chi connectivity index (χ0) is 20.9. The first kappa shape index (κ1) is 21.9. The largest absolute Gasteiger partial charge is 0.228 e. The van der Waals surface area contributed by atoms with E-state index < -0.39 is 0 Å². The zero-order valence-corrected chi connectivity index (χ0v) is 21.2. The molecule has 0 aliphatic carbocycles. The second-order valence-electron chi connectivity index (χ2n) is 10.5. The maximum atomic E-state index is 5.00. The third kappa shape index (κ3) is 4.52. The molecule has 3 aromatic heterocycles. The molecular formula is C23H34N2S3. The van der Waals surface area contributed by atoms with Gasteiger partial charge in [-0.15, -0.1) is 11.3 Å². The number of aromatic nitrogens is 2. The Balaban J connectivity index is 1.75. The zero-order valence-electron chi connectivity index (χ0n) is 18.8. The molecule has 5 heteroatoms. The Hall–Kier alpha value is -0.780. The molecule has 2 nitrogen and oxygen atoms in total. The third-order valence-electron chi connectivity index (χ3n) is 5.43. The topological polar surface area (TPSA) is 25.8 Å². The van der Waals surface area contributed by atoms with E-state index in [1.54, 1.807) is 22.7 Å². The van der Waals surface area contributed by atoms with E-state index >= 15 is 0 Å². The Bertz CT molecular complexity index is 917. The highest BCUT2D eigenvalue weighted by atomic mass is 32.1. The van der Waals surface area contributed by atoms with E-state index in [2.05, 4.69) is 74.4 Å². The van der Waals surface area contributed by atoms with Crippen molar-refractivity contribution in [1.82, 2.24) is 9.97 Å². The van der Waals surface area contributed by atoms with Gasteiger partial charge in [0.2, 0.25) is 0 Å². The molecule has 154 valence electrons. The van der Waals surface area contributed by atoms with Crippen LogP contribution in [0.4, 0.5) is 0 Å². The van der Waals surface area contributed by atoms with Crippen LogP contribution in [0.25, 0.3) is 9.66 Å². The maximum Gasteiger partial charge on any atom is 0.155 e. The lowest BCUT2D eigenvalue weighted by Gasteiger charge is -2.29. The Kier molecular flexibility index (Phi) is 5.85. The van der Waals surface area contributed by atoms with Crippen LogP contribution in [0.5, 0.6) is 0 Å². The summed E-state index contributed by atoms with van der Waals surface area (Å²) in [6, 6.07) is 4.65. The summed E-state index contributed by atoms with van der Waals surface area (Å²) in [5, 5.41) is 2.41. The van der Waals surface area contributed by atoms with Crippen LogP contribution >= 0.6 is 34.0 Å². The van der Waals surface area contributed by atoms with Crippen molar-refractivity contribution >= 4 is 43.7 Å². The van der Waals surface area contributed by atoms with E-state index in [1.165, 1.54) is 19.8 Å². The minimum Gasteiger partial charge on any atom is -0.228 e. The van der Waals surface area contributed by atoms with E-state index in [0.717, 1.165) is 22.5 Å². The van der Waals surface area contributed by atoms with Crippen molar-refractivity contribution in [2.45, 2.75) is 97.3 Å². The van der Waals surface area contributed by atoms with Gasteiger partial charge in [0.05, 0.1) is 0 Å². The van der Waals surface area contributed by atoms with Gasteiger partial charge in [0.15, 0.2) is 9.66 Å². The summed E-state index contributed by atoms with van der Waals surface area (Å²) < 4.78 is 0. The average molecular weight is 435 g/mol. The van der Waals surface area contributed by atoms with Crippen LogP contribution in [-0.2, 0) is 16.2 Å². The maximum absolute atomic E-state index is 5.00. The van der Waals surface area contributed by atoms with Crippen LogP contribution in [0.15, 0.2) is 12.1 Å². The molecule has 0 amide bonds. The molecule has 3 aromatic rings. The van der Waals surface area contributed by atoms with Crippen LogP contribution in [0.3, 0.4) is 0 Å². The highest BCUT2D eigenvalue weighted by Gasteiger charge is 2.31. The number of nitrogens with zero attached hydrogens (tertiary/aromatic N) is 2. The van der Waals surface area contributed by atoms with Crippen molar-refractivity contribution in [3.63, 3.8) is 0 Å². The van der Waals surface area contributed by atoms with Gasteiger partial charge < -0.3 is 0 Å². The normalized spacial score (nSPS) is 13.8. The van der Waals surface area contributed by atoms with Crippen molar-refractivity contribution < 1.29 is 0 Å². The molecule has 28 heavy (non-hydrogen) atoms. The summed E-state index contributed by atoms with van der Waals surface area (Å²) in [5.74, 6) is 0.611. The van der Waals surface area contributed by atoms with E-state index in [1.807, 2.05) is 11.3 Å². The first-order chi connectivity index (χ1) is 12.8. The number of hydrogen-bond donors (Lipinski definition) is 0. The molecule has 0 saturated carbocycles. The predicted molar refractivity (Wildman–Crippen MR) is 128 cm³/mol. The lowest BCUT2D eigenvalue weighted by molar-refractivity contribution is 0.378. The molecule has 0 N–H and O–H groups in total. The van der Waals surface area contributed by atoms with E-state index in [9.17, 15) is 0 Å². The minimum absolute atomic E-state index is 0.0718. The average Bonchev–Trinajstić information content (AvgIpc) is 3.26. The van der Waals surface area contributed by atoms with E-state index in [4.69, 9.17) is 9.97 Å². The minimum atomic E-state index is 0.0718. The number of hydrogen-bond acceptors (Lipinski definition) is 5. The quantitative estimate of drug-likeness (QED) is 0.390. The monoisotopic (exact) mass is 434 g/mol. The van der Waals surface area contributed by atoms with Gasteiger partial charge in [-0.2, -0.15) is 0 Å². The molecular weight excluding hydrogens is 400 g/mol. The fraction of sp³-hybridized carbons (Fsp3) is 0.652. The smallest absolute Gasteiger partial charge is 0.155 e. The Morgan fingerprint density at radius 2 is 1.29 bits per heavy atom. The molecule has 0 bridgehead atoms. The fourth-order valence-corrected chi connectivity index (χ4v) is 6.50. The van der Waals surface area contributed by atoms with Crippen molar-refractivity contribution in [2.24, 2.45) is 0 Å². The Morgan fingerprint density at radius 3 is 1.82 bits per heavy atom. The fourth-order valence-electron chi connectivity index (χ4n) is 3.13. The first-order valence-corrected chi connectivity index (χ1v) is 12.6. The second kappa shape index (κ2) is 7.48. The highest BCUT2D eigenvalue weighted by molar-refractivity contribution is 7.26. The third-order valence-corrected chi connectivity index (χ3v) is 10.0. The summed E-state index contributed by atoms with van der Waals surface area (Å²) in [4.78, 5) is 15.1. The molecule has 0 radical (unpaired) electrons. The van der Waals surface area contributed by atoms with Gasteiger partial charge in [0, 0.05) is 20.6 Å². The van der Waals surface area contributed by atoms with Crippen LogP contribution in [0, 0.1) is 0 Å². The van der Waals surface area contributed by atoms with Gasteiger partial charge >= 0.3 is 0 Å². The SMILES string of the molecule is CC(C)c1ccc(C(C)(C)CCC(C)(C)c2nc3sc(C(C)(C)C)nc3s2)s1. The summed E-state index contributed by atoms with van der Waals surface area (Å²) >= 11 is 5.53. The summed E-state index contributed by atoms with van der Waals surface area (Å²) in [7, 11) is 0. The number of rotatable bonds is 6. The van der Waals surface area contributed by atoms with Crippen molar-refractivity contribution in [2.75, 3.05) is 0 Å². The first-order valence-electron chi connectivity index (χ1n) is 10.2. The molecule has 0 fully saturated rings. The molecule has 0 saturated heterocycles.